The number of urea groups is 1. The van der Waals surface area contributed by atoms with Crippen molar-refractivity contribution in [3.63, 3.8) is 0 Å². The highest BCUT2D eigenvalue weighted by Crippen LogP contribution is 1.69. The van der Waals surface area contributed by atoms with E-state index in [2.05, 4.69) is 24.5 Å². The normalized spacial score (nSPS) is 15.1. The van der Waals surface area contributed by atoms with E-state index in [-0.39, 0.29) is 6.03 Å². The van der Waals surface area contributed by atoms with Crippen molar-refractivity contribution >= 4 is 6.03 Å². The summed E-state index contributed by atoms with van der Waals surface area (Å²) in [6.07, 6.45) is 1.25. The average Bonchev–Trinajstić information content (AvgIpc) is 2.20. The van der Waals surface area contributed by atoms with Crippen LogP contribution in [0.1, 0.15) is 20.3 Å². The summed E-state index contributed by atoms with van der Waals surface area (Å²) in [6, 6.07) is -0.0463. The zero-order valence-corrected chi connectivity index (χ0v) is 6.03. The molecule has 1 saturated heterocycles. The van der Waals surface area contributed by atoms with Crippen molar-refractivity contribution in [3.8, 4) is 0 Å². The van der Waals surface area contributed by atoms with Crippen molar-refractivity contribution in [3.05, 3.63) is 0 Å². The second-order valence-electron chi connectivity index (χ2n) is 1.89. The number of amides is 2. The molecule has 0 aromatic carbocycles. The van der Waals surface area contributed by atoms with E-state index < -0.39 is 0 Å². The maximum atomic E-state index is 10.0. The van der Waals surface area contributed by atoms with E-state index in [4.69, 9.17) is 0 Å². The molecule has 1 aliphatic heterocycles. The first-order valence-electron chi connectivity index (χ1n) is 3.33. The minimum Gasteiger partial charge on any atom is -0.336 e. The summed E-state index contributed by atoms with van der Waals surface area (Å²) in [6.45, 7) is 5.80. The zero-order chi connectivity index (χ0) is 7.11. The van der Waals surface area contributed by atoms with Gasteiger partial charge in [-0.2, -0.15) is 0 Å². The minimum absolute atomic E-state index is 0.0463. The van der Waals surface area contributed by atoms with Gasteiger partial charge >= 0.3 is 6.03 Å². The van der Waals surface area contributed by atoms with Gasteiger partial charge in [0.15, 0.2) is 0 Å². The molecule has 2 N–H and O–H groups in total. The van der Waals surface area contributed by atoms with Crippen molar-refractivity contribution in [1.82, 2.24) is 10.6 Å². The first-order chi connectivity index (χ1) is 4.31. The highest BCUT2D eigenvalue weighted by atomic mass is 16.2. The largest absolute Gasteiger partial charge is 0.336 e. The Bertz CT molecular complexity index is 75.1. The first kappa shape index (κ1) is 8.27. The van der Waals surface area contributed by atoms with Gasteiger partial charge in [0.1, 0.15) is 0 Å². The fourth-order valence-corrected chi connectivity index (χ4v) is 0.415. The molecule has 2 amide bonds. The molecule has 0 saturated carbocycles. The molecule has 0 radical (unpaired) electrons. The second-order valence-corrected chi connectivity index (χ2v) is 1.89. The molecule has 0 atom stereocenters. The highest BCUT2D eigenvalue weighted by molar-refractivity contribution is 5.75. The van der Waals surface area contributed by atoms with E-state index in [1.54, 1.807) is 0 Å². The Morgan fingerprint density at radius 1 is 1.33 bits per heavy atom. The summed E-state index contributed by atoms with van der Waals surface area (Å²) in [4.78, 5) is 10.0. The van der Waals surface area contributed by atoms with Crippen molar-refractivity contribution in [2.45, 2.75) is 20.3 Å². The third-order valence-corrected chi connectivity index (χ3v) is 0.696. The summed E-state index contributed by atoms with van der Waals surface area (Å²) in [5.41, 5.74) is 0. The van der Waals surface area contributed by atoms with E-state index in [0.717, 1.165) is 13.1 Å². The van der Waals surface area contributed by atoms with Gasteiger partial charge in [-0.15, -0.1) is 0 Å². The van der Waals surface area contributed by atoms with Crippen LogP contribution in [0, 0.1) is 0 Å². The topological polar surface area (TPSA) is 41.1 Å². The van der Waals surface area contributed by atoms with Crippen LogP contribution in [0.15, 0.2) is 0 Å². The number of nitrogens with one attached hydrogen (secondary N) is 2. The van der Waals surface area contributed by atoms with Crippen LogP contribution in [-0.2, 0) is 0 Å². The quantitative estimate of drug-likeness (QED) is 0.498. The molecule has 1 fully saturated rings. The molecule has 3 nitrogen and oxygen atoms in total. The van der Waals surface area contributed by atoms with Crippen LogP contribution in [0.25, 0.3) is 0 Å². The lowest BCUT2D eigenvalue weighted by molar-refractivity contribution is 0.248. The number of carbonyl (C=O) groups is 1. The van der Waals surface area contributed by atoms with Gasteiger partial charge in [0.05, 0.1) is 0 Å². The van der Waals surface area contributed by atoms with Crippen LogP contribution in [-0.4, -0.2) is 19.1 Å². The van der Waals surface area contributed by atoms with Crippen LogP contribution in [0.2, 0.25) is 0 Å². The number of carbonyl (C=O) groups excluding carboxylic acids is 1. The van der Waals surface area contributed by atoms with Gasteiger partial charge in [-0.25, -0.2) is 4.79 Å². The summed E-state index contributed by atoms with van der Waals surface area (Å²) < 4.78 is 0. The van der Waals surface area contributed by atoms with Gasteiger partial charge in [-0.1, -0.05) is 20.3 Å². The van der Waals surface area contributed by atoms with E-state index in [1.807, 2.05) is 0 Å². The Balaban J connectivity index is 0.000000187. The summed E-state index contributed by atoms with van der Waals surface area (Å²) in [5, 5.41) is 5.14. The Morgan fingerprint density at radius 3 is 1.78 bits per heavy atom. The predicted molar refractivity (Wildman–Crippen MR) is 37.4 cm³/mol. The Hall–Kier alpha value is -0.730. The van der Waals surface area contributed by atoms with E-state index in [0.29, 0.717) is 0 Å². The molecular formula is C6H14N2O. The molecule has 0 aromatic heterocycles. The molecule has 0 aliphatic carbocycles. The van der Waals surface area contributed by atoms with Crippen molar-refractivity contribution in [2.75, 3.05) is 13.1 Å². The smallest absolute Gasteiger partial charge is 0.314 e. The van der Waals surface area contributed by atoms with Gasteiger partial charge in [0, 0.05) is 13.1 Å². The molecule has 54 valence electrons. The first-order valence-corrected chi connectivity index (χ1v) is 3.33. The van der Waals surface area contributed by atoms with Gasteiger partial charge in [0.2, 0.25) is 0 Å². The molecule has 0 unspecified atom stereocenters. The molecule has 1 heterocycles. The van der Waals surface area contributed by atoms with Gasteiger partial charge in [0.25, 0.3) is 0 Å². The summed E-state index contributed by atoms with van der Waals surface area (Å²) >= 11 is 0. The third-order valence-electron chi connectivity index (χ3n) is 0.696. The highest BCUT2D eigenvalue weighted by Gasteiger charge is 2.02. The molecule has 1 rings (SSSR count). The van der Waals surface area contributed by atoms with E-state index in [1.165, 1.54) is 6.42 Å². The molecule has 9 heavy (non-hydrogen) atoms. The Kier molecular flexibility index (Phi) is 4.97. The SMILES string of the molecule is CCC.O=C1NCCN1. The molecular weight excluding hydrogens is 116 g/mol. The van der Waals surface area contributed by atoms with Crippen LogP contribution in [0.5, 0.6) is 0 Å². The number of rotatable bonds is 0. The van der Waals surface area contributed by atoms with Crippen molar-refractivity contribution in [2.24, 2.45) is 0 Å². The zero-order valence-electron chi connectivity index (χ0n) is 6.03. The Morgan fingerprint density at radius 2 is 1.67 bits per heavy atom. The third kappa shape index (κ3) is 5.14. The van der Waals surface area contributed by atoms with Gasteiger partial charge in [-0.05, 0) is 0 Å². The molecule has 0 spiro atoms. The van der Waals surface area contributed by atoms with Gasteiger partial charge < -0.3 is 10.6 Å². The molecule has 3 heteroatoms. The van der Waals surface area contributed by atoms with Crippen LogP contribution < -0.4 is 10.6 Å². The lowest BCUT2D eigenvalue weighted by atomic mass is 10.6. The minimum atomic E-state index is -0.0463. The maximum Gasteiger partial charge on any atom is 0.314 e. The van der Waals surface area contributed by atoms with E-state index >= 15 is 0 Å². The lowest BCUT2D eigenvalue weighted by Gasteiger charge is -1.80. The molecule has 1 aliphatic rings. The second kappa shape index (κ2) is 5.41. The van der Waals surface area contributed by atoms with E-state index in [9.17, 15) is 4.79 Å². The average molecular weight is 130 g/mol. The van der Waals surface area contributed by atoms with Crippen LogP contribution in [0.4, 0.5) is 4.79 Å². The molecule has 0 bridgehead atoms. The predicted octanol–water partition coefficient (Wildman–Crippen LogP) is 0.715. The number of hydrogen-bond donors (Lipinski definition) is 2. The van der Waals surface area contributed by atoms with Crippen LogP contribution >= 0.6 is 0 Å². The summed E-state index contributed by atoms with van der Waals surface area (Å²) in [7, 11) is 0. The van der Waals surface area contributed by atoms with Gasteiger partial charge in [-0.3, -0.25) is 0 Å². The van der Waals surface area contributed by atoms with Crippen LogP contribution in [0.3, 0.4) is 0 Å². The summed E-state index contributed by atoms with van der Waals surface area (Å²) in [5.74, 6) is 0. The fraction of sp³-hybridized carbons (Fsp3) is 0.833. The fourth-order valence-electron chi connectivity index (χ4n) is 0.415. The monoisotopic (exact) mass is 130 g/mol. The van der Waals surface area contributed by atoms with Crippen molar-refractivity contribution in [1.29, 1.82) is 0 Å². The standard InChI is InChI=1S/C3H6N2O.C3H8/c6-3-4-1-2-5-3;1-3-2/h1-2H2,(H2,4,5,6);3H2,1-2H3. The number of hydrogen-bond acceptors (Lipinski definition) is 1. The molecule has 0 aromatic rings. The Labute approximate surface area is 55.8 Å². The maximum absolute atomic E-state index is 10.0. The van der Waals surface area contributed by atoms with Crippen molar-refractivity contribution < 1.29 is 4.79 Å². The lowest BCUT2D eigenvalue weighted by Crippen LogP contribution is -2.20.